The van der Waals surface area contributed by atoms with Crippen molar-refractivity contribution in [1.82, 2.24) is 4.90 Å². The Labute approximate surface area is 128 Å². The normalized spacial score (nSPS) is 15.5. The lowest BCUT2D eigenvalue weighted by atomic mass is 10.0. The van der Waals surface area contributed by atoms with Crippen LogP contribution in [-0.4, -0.2) is 29.7 Å². The largest absolute Gasteiger partial charge is 0.444 e. The number of hydrogen-bond donors (Lipinski definition) is 1. The van der Waals surface area contributed by atoms with Gasteiger partial charge in [0, 0.05) is 23.2 Å². The number of fused-ring (bicyclic) bond motifs is 1. The lowest BCUT2D eigenvalue weighted by molar-refractivity contribution is 0.0258. The Morgan fingerprint density at radius 1 is 1.30 bits per heavy atom. The predicted molar refractivity (Wildman–Crippen MR) is 83.8 cm³/mol. The molecule has 1 aliphatic rings. The average Bonchev–Trinajstić information content (AvgIpc) is 2.54. The van der Waals surface area contributed by atoms with Crippen LogP contribution in [0.1, 0.15) is 31.9 Å². The fourth-order valence-corrected chi connectivity index (χ4v) is 2.89. The molecule has 2 N–H and O–H groups in total. The van der Waals surface area contributed by atoms with E-state index in [0.29, 0.717) is 13.1 Å². The monoisotopic (exact) mass is 340 g/mol. The van der Waals surface area contributed by atoms with Crippen LogP contribution < -0.4 is 5.73 Å². The van der Waals surface area contributed by atoms with Gasteiger partial charge in [-0.3, -0.25) is 0 Å². The Balaban J connectivity index is 2.12. The van der Waals surface area contributed by atoms with Crippen LogP contribution in [-0.2, 0) is 17.6 Å². The van der Waals surface area contributed by atoms with Gasteiger partial charge in [-0.15, -0.1) is 0 Å². The van der Waals surface area contributed by atoms with E-state index in [1.54, 1.807) is 4.90 Å². The summed E-state index contributed by atoms with van der Waals surface area (Å²) in [6, 6.07) is 3.96. The number of nitrogens with two attached hydrogens (primary N) is 1. The van der Waals surface area contributed by atoms with Gasteiger partial charge in [0.2, 0.25) is 0 Å². The number of anilines is 1. The van der Waals surface area contributed by atoms with Gasteiger partial charge in [-0.05, 0) is 66.7 Å². The number of amides is 1. The maximum absolute atomic E-state index is 12.1. The highest BCUT2D eigenvalue weighted by Gasteiger charge is 2.25. The van der Waals surface area contributed by atoms with E-state index in [1.165, 1.54) is 11.1 Å². The number of rotatable bonds is 0. The number of hydrogen-bond acceptors (Lipinski definition) is 3. The second kappa shape index (κ2) is 5.64. The maximum atomic E-state index is 12.1. The SMILES string of the molecule is CC(C)(C)OC(=O)N1CCc2ccc(N)c(Br)c2CC1. The van der Waals surface area contributed by atoms with E-state index in [2.05, 4.69) is 15.9 Å². The summed E-state index contributed by atoms with van der Waals surface area (Å²) in [5.74, 6) is 0. The van der Waals surface area contributed by atoms with Crippen LogP contribution in [0.3, 0.4) is 0 Å². The van der Waals surface area contributed by atoms with Crippen molar-refractivity contribution >= 4 is 27.7 Å². The summed E-state index contributed by atoms with van der Waals surface area (Å²) in [6.45, 7) is 6.99. The zero-order chi connectivity index (χ0) is 14.9. The minimum absolute atomic E-state index is 0.241. The molecule has 0 atom stereocenters. The molecule has 0 aromatic heterocycles. The predicted octanol–water partition coefficient (Wildman–Crippen LogP) is 3.37. The summed E-state index contributed by atoms with van der Waals surface area (Å²) in [4.78, 5) is 13.9. The van der Waals surface area contributed by atoms with Crippen LogP contribution in [0.25, 0.3) is 0 Å². The standard InChI is InChI=1S/C15H21BrN2O2/c1-15(2,3)20-14(19)18-8-6-10-4-5-12(17)13(16)11(10)7-9-18/h4-5H,6-9,17H2,1-3H3. The Morgan fingerprint density at radius 3 is 2.60 bits per heavy atom. The first-order valence-corrected chi connectivity index (χ1v) is 7.61. The summed E-state index contributed by atoms with van der Waals surface area (Å²) >= 11 is 3.55. The molecule has 1 amide bonds. The quantitative estimate of drug-likeness (QED) is 0.736. The Morgan fingerprint density at radius 2 is 1.95 bits per heavy atom. The van der Waals surface area contributed by atoms with Crippen LogP contribution in [0.5, 0.6) is 0 Å². The van der Waals surface area contributed by atoms with E-state index in [1.807, 2.05) is 32.9 Å². The van der Waals surface area contributed by atoms with E-state index in [-0.39, 0.29) is 6.09 Å². The summed E-state index contributed by atoms with van der Waals surface area (Å²) in [5.41, 5.74) is 8.66. The van der Waals surface area contributed by atoms with Gasteiger partial charge in [-0.25, -0.2) is 4.79 Å². The molecule has 2 rings (SSSR count). The van der Waals surface area contributed by atoms with E-state index < -0.39 is 5.60 Å². The van der Waals surface area contributed by atoms with Crippen molar-refractivity contribution in [2.45, 2.75) is 39.2 Å². The van der Waals surface area contributed by atoms with Crippen molar-refractivity contribution in [2.24, 2.45) is 0 Å². The molecule has 1 aromatic carbocycles. The van der Waals surface area contributed by atoms with Crippen LogP contribution in [0.2, 0.25) is 0 Å². The first kappa shape index (κ1) is 15.2. The number of halogens is 1. The third-order valence-corrected chi connectivity index (χ3v) is 4.24. The van der Waals surface area contributed by atoms with Crippen LogP contribution in [0.4, 0.5) is 10.5 Å². The molecule has 0 radical (unpaired) electrons. The number of nitrogens with zero attached hydrogens (tertiary/aromatic N) is 1. The molecular formula is C15H21BrN2O2. The molecule has 110 valence electrons. The molecular weight excluding hydrogens is 320 g/mol. The fraction of sp³-hybridized carbons (Fsp3) is 0.533. The molecule has 0 unspecified atom stereocenters. The van der Waals surface area contributed by atoms with Crippen molar-refractivity contribution in [2.75, 3.05) is 18.8 Å². The number of ether oxygens (including phenoxy) is 1. The van der Waals surface area contributed by atoms with Gasteiger partial charge < -0.3 is 15.4 Å². The van der Waals surface area contributed by atoms with E-state index >= 15 is 0 Å². The van der Waals surface area contributed by atoms with Gasteiger partial charge in [-0.2, -0.15) is 0 Å². The minimum atomic E-state index is -0.457. The van der Waals surface area contributed by atoms with Crippen LogP contribution in [0.15, 0.2) is 16.6 Å². The Kier molecular flexibility index (Phi) is 4.28. The lowest BCUT2D eigenvalue weighted by Crippen LogP contribution is -2.38. The van der Waals surface area contributed by atoms with Gasteiger partial charge in [0.1, 0.15) is 5.60 Å². The Hall–Kier alpha value is -1.23. The molecule has 1 aliphatic heterocycles. The van der Waals surface area contributed by atoms with Crippen molar-refractivity contribution < 1.29 is 9.53 Å². The highest BCUT2D eigenvalue weighted by molar-refractivity contribution is 9.10. The number of nitrogen functional groups attached to an aromatic ring is 1. The molecule has 20 heavy (non-hydrogen) atoms. The summed E-state index contributed by atoms with van der Waals surface area (Å²) in [5, 5.41) is 0. The van der Waals surface area contributed by atoms with Gasteiger partial charge in [-0.1, -0.05) is 6.07 Å². The average molecular weight is 341 g/mol. The molecule has 0 fully saturated rings. The van der Waals surface area contributed by atoms with Crippen LogP contribution >= 0.6 is 15.9 Å². The number of benzene rings is 1. The second-order valence-electron chi connectivity index (χ2n) is 6.07. The van der Waals surface area contributed by atoms with E-state index in [4.69, 9.17) is 10.5 Å². The molecule has 0 aliphatic carbocycles. The van der Waals surface area contributed by atoms with E-state index in [9.17, 15) is 4.79 Å². The highest BCUT2D eigenvalue weighted by atomic mass is 79.9. The van der Waals surface area contributed by atoms with Crippen molar-refractivity contribution in [3.05, 3.63) is 27.7 Å². The molecule has 0 saturated carbocycles. The third-order valence-electron chi connectivity index (χ3n) is 3.30. The molecule has 0 saturated heterocycles. The summed E-state index contributed by atoms with van der Waals surface area (Å²) in [6.07, 6.45) is 1.38. The summed E-state index contributed by atoms with van der Waals surface area (Å²) in [7, 11) is 0. The molecule has 1 heterocycles. The first-order valence-electron chi connectivity index (χ1n) is 6.81. The number of carbonyl (C=O) groups is 1. The molecule has 5 heteroatoms. The van der Waals surface area contributed by atoms with Gasteiger partial charge >= 0.3 is 6.09 Å². The second-order valence-corrected chi connectivity index (χ2v) is 6.87. The smallest absolute Gasteiger partial charge is 0.410 e. The van der Waals surface area contributed by atoms with Crippen molar-refractivity contribution in [1.29, 1.82) is 0 Å². The Bertz CT molecular complexity index is 523. The zero-order valence-electron chi connectivity index (χ0n) is 12.2. The molecule has 1 aromatic rings. The molecule has 4 nitrogen and oxygen atoms in total. The number of carbonyl (C=O) groups excluding carboxylic acids is 1. The zero-order valence-corrected chi connectivity index (χ0v) is 13.8. The van der Waals surface area contributed by atoms with Crippen molar-refractivity contribution in [3.8, 4) is 0 Å². The van der Waals surface area contributed by atoms with Gasteiger partial charge in [0.15, 0.2) is 0 Å². The first-order chi connectivity index (χ1) is 9.28. The third kappa shape index (κ3) is 3.45. The highest BCUT2D eigenvalue weighted by Crippen LogP contribution is 2.30. The fourth-order valence-electron chi connectivity index (χ4n) is 2.31. The van der Waals surface area contributed by atoms with Crippen molar-refractivity contribution in [3.63, 3.8) is 0 Å². The van der Waals surface area contributed by atoms with Crippen LogP contribution in [0, 0.1) is 0 Å². The summed E-state index contributed by atoms with van der Waals surface area (Å²) < 4.78 is 6.40. The molecule has 0 spiro atoms. The van der Waals surface area contributed by atoms with Gasteiger partial charge in [0.05, 0.1) is 0 Å². The molecule has 0 bridgehead atoms. The van der Waals surface area contributed by atoms with Gasteiger partial charge in [0.25, 0.3) is 0 Å². The van der Waals surface area contributed by atoms with E-state index in [0.717, 1.165) is 23.0 Å². The minimum Gasteiger partial charge on any atom is -0.444 e. The topological polar surface area (TPSA) is 55.6 Å². The maximum Gasteiger partial charge on any atom is 0.410 e. The lowest BCUT2D eigenvalue weighted by Gasteiger charge is -2.26.